The second-order valence-electron chi connectivity index (χ2n) is 7.15. The fourth-order valence-corrected chi connectivity index (χ4v) is 3.82. The molecule has 0 saturated carbocycles. The van der Waals surface area contributed by atoms with Crippen molar-refractivity contribution >= 4 is 52.8 Å². The minimum absolute atomic E-state index is 0.0298. The number of allylic oxidation sites excluding steroid dienone is 1. The number of methoxy groups -OCH3 is 4. The standard InChI is InChI=1S/C24H22N2O11S/c1-13(12-38-17(23(30)36-4)10-18(27)34-2)25-11-16(22(29)35-3)19(24(31)37-5)20(25)21(28)14-6-8-15(9-7-14)26(32)33/h6-12H,1-5H3/b13-12-,17-10-. The number of non-ortho nitro benzene ring substituents is 1. The molecule has 0 unspecified atom stereocenters. The van der Waals surface area contributed by atoms with E-state index in [0.29, 0.717) is 0 Å². The van der Waals surface area contributed by atoms with Crippen LogP contribution in [0, 0.1) is 10.1 Å². The normalized spacial score (nSPS) is 11.4. The SMILES string of the molecule is COC(=O)/C=C(\S/C=C(/C)n1cc(C(=O)OC)c(C(=O)OC)c1C(=O)c1ccc([N+](=O)[O-])cc1)C(=O)OC. The molecular formula is C24H22N2O11S. The summed E-state index contributed by atoms with van der Waals surface area (Å²) in [5, 5.41) is 12.4. The molecule has 14 heteroatoms. The van der Waals surface area contributed by atoms with Gasteiger partial charge in [0.05, 0.1) is 38.9 Å². The molecule has 13 nitrogen and oxygen atoms in total. The highest BCUT2D eigenvalue weighted by Crippen LogP contribution is 2.29. The number of hydrogen-bond donors (Lipinski definition) is 0. The molecule has 0 fully saturated rings. The molecule has 0 spiro atoms. The molecule has 0 aliphatic rings. The van der Waals surface area contributed by atoms with E-state index in [4.69, 9.17) is 9.47 Å². The summed E-state index contributed by atoms with van der Waals surface area (Å²) in [6.07, 6.45) is 2.07. The Morgan fingerprint density at radius 1 is 0.921 bits per heavy atom. The first-order valence-corrected chi connectivity index (χ1v) is 11.3. The molecule has 2 aromatic rings. The Bertz CT molecular complexity index is 1350. The lowest BCUT2D eigenvalue weighted by Gasteiger charge is -2.11. The fraction of sp³-hybridized carbons (Fsp3) is 0.208. The molecule has 0 bridgehead atoms. The molecule has 0 radical (unpaired) electrons. The molecule has 0 aliphatic carbocycles. The van der Waals surface area contributed by atoms with Gasteiger partial charge in [0.25, 0.3) is 5.69 Å². The zero-order valence-corrected chi connectivity index (χ0v) is 21.7. The third kappa shape index (κ3) is 6.53. The first kappa shape index (κ1) is 29.5. The van der Waals surface area contributed by atoms with E-state index in [-0.39, 0.29) is 33.1 Å². The van der Waals surface area contributed by atoms with Crippen LogP contribution in [0.4, 0.5) is 5.69 Å². The number of rotatable bonds is 10. The van der Waals surface area contributed by atoms with Gasteiger partial charge in [-0.2, -0.15) is 0 Å². The maximum atomic E-state index is 13.6. The zero-order chi connectivity index (χ0) is 28.6. The predicted octanol–water partition coefficient (Wildman–Crippen LogP) is 2.98. The van der Waals surface area contributed by atoms with Crippen molar-refractivity contribution in [2.75, 3.05) is 28.4 Å². The van der Waals surface area contributed by atoms with Crippen LogP contribution in [-0.2, 0) is 28.5 Å². The molecule has 38 heavy (non-hydrogen) atoms. The molecule has 1 aromatic heterocycles. The van der Waals surface area contributed by atoms with Crippen LogP contribution in [0.3, 0.4) is 0 Å². The molecule has 1 aromatic carbocycles. The van der Waals surface area contributed by atoms with E-state index >= 15 is 0 Å². The minimum atomic E-state index is -1.02. The molecular weight excluding hydrogens is 524 g/mol. The van der Waals surface area contributed by atoms with Crippen LogP contribution in [0.2, 0.25) is 0 Å². The highest BCUT2D eigenvalue weighted by molar-refractivity contribution is 8.06. The van der Waals surface area contributed by atoms with Crippen molar-refractivity contribution in [1.82, 2.24) is 4.57 Å². The van der Waals surface area contributed by atoms with Gasteiger partial charge in [-0.05, 0) is 24.5 Å². The van der Waals surface area contributed by atoms with Crippen molar-refractivity contribution in [3.8, 4) is 0 Å². The van der Waals surface area contributed by atoms with Crippen molar-refractivity contribution in [3.05, 3.63) is 79.4 Å². The molecule has 0 saturated heterocycles. The summed E-state index contributed by atoms with van der Waals surface area (Å²) < 4.78 is 19.9. The van der Waals surface area contributed by atoms with Crippen molar-refractivity contribution in [3.63, 3.8) is 0 Å². The van der Waals surface area contributed by atoms with E-state index in [1.165, 1.54) is 35.2 Å². The number of nitro benzene ring substituents is 1. The van der Waals surface area contributed by atoms with Crippen molar-refractivity contribution in [1.29, 1.82) is 0 Å². The average molecular weight is 547 g/mol. The third-order valence-corrected chi connectivity index (χ3v) is 5.93. The van der Waals surface area contributed by atoms with Crippen LogP contribution in [0.5, 0.6) is 0 Å². The number of nitro groups is 1. The first-order valence-electron chi connectivity index (χ1n) is 10.4. The fourth-order valence-electron chi connectivity index (χ4n) is 3.07. The van der Waals surface area contributed by atoms with E-state index in [2.05, 4.69) is 9.47 Å². The van der Waals surface area contributed by atoms with Gasteiger partial charge in [-0.25, -0.2) is 19.2 Å². The van der Waals surface area contributed by atoms with E-state index in [1.54, 1.807) is 0 Å². The molecule has 1 heterocycles. The molecule has 2 rings (SSSR count). The van der Waals surface area contributed by atoms with Gasteiger partial charge in [-0.15, -0.1) is 0 Å². The molecule has 0 aliphatic heterocycles. The first-order chi connectivity index (χ1) is 18.0. The van der Waals surface area contributed by atoms with Crippen molar-refractivity contribution in [2.24, 2.45) is 0 Å². The smallest absolute Gasteiger partial charge is 0.344 e. The monoisotopic (exact) mass is 546 g/mol. The van der Waals surface area contributed by atoms with Crippen molar-refractivity contribution in [2.45, 2.75) is 6.92 Å². The van der Waals surface area contributed by atoms with E-state index in [1.807, 2.05) is 0 Å². The predicted molar refractivity (Wildman–Crippen MR) is 133 cm³/mol. The summed E-state index contributed by atoms with van der Waals surface area (Å²) in [5.41, 5.74) is -1.07. The Morgan fingerprint density at radius 2 is 1.53 bits per heavy atom. The van der Waals surface area contributed by atoms with Crippen LogP contribution < -0.4 is 0 Å². The van der Waals surface area contributed by atoms with Gasteiger partial charge in [-0.1, -0.05) is 11.8 Å². The number of benzene rings is 1. The van der Waals surface area contributed by atoms with E-state index in [9.17, 15) is 34.1 Å². The Balaban J connectivity index is 2.75. The Labute approximate surface area is 220 Å². The number of carbonyl (C=O) groups excluding carboxylic acids is 5. The second kappa shape index (κ2) is 13.0. The summed E-state index contributed by atoms with van der Waals surface area (Å²) >= 11 is 0.750. The largest absolute Gasteiger partial charge is 0.466 e. The summed E-state index contributed by atoms with van der Waals surface area (Å²) in [6, 6.07) is 4.61. The highest BCUT2D eigenvalue weighted by atomic mass is 32.2. The molecule has 0 amide bonds. The van der Waals surface area contributed by atoms with Crippen LogP contribution >= 0.6 is 11.8 Å². The van der Waals surface area contributed by atoms with Crippen LogP contribution in [0.15, 0.2) is 46.9 Å². The third-order valence-electron chi connectivity index (χ3n) is 4.93. The molecule has 0 atom stereocenters. The topological polar surface area (TPSA) is 170 Å². The van der Waals surface area contributed by atoms with Gasteiger partial charge in [0, 0.05) is 35.7 Å². The number of thioether (sulfide) groups is 1. The number of esters is 4. The quantitative estimate of drug-likeness (QED) is 0.107. The van der Waals surface area contributed by atoms with Crippen LogP contribution in [-0.4, -0.2) is 67.6 Å². The number of hydrogen-bond acceptors (Lipinski definition) is 12. The number of ketones is 1. The minimum Gasteiger partial charge on any atom is -0.466 e. The molecule has 200 valence electrons. The highest BCUT2D eigenvalue weighted by Gasteiger charge is 2.32. The number of carbonyl (C=O) groups is 5. The van der Waals surface area contributed by atoms with Crippen molar-refractivity contribution < 1.29 is 47.8 Å². The zero-order valence-electron chi connectivity index (χ0n) is 20.8. The van der Waals surface area contributed by atoms with Gasteiger partial charge in [-0.3, -0.25) is 14.9 Å². The summed E-state index contributed by atoms with van der Waals surface area (Å²) in [7, 11) is 4.37. The van der Waals surface area contributed by atoms with E-state index in [0.717, 1.165) is 58.4 Å². The lowest BCUT2D eigenvalue weighted by atomic mass is 10.0. The van der Waals surface area contributed by atoms with Gasteiger partial charge in [0.2, 0.25) is 5.78 Å². The van der Waals surface area contributed by atoms with Gasteiger partial charge in [0.1, 0.15) is 16.2 Å². The second-order valence-corrected chi connectivity index (χ2v) is 8.06. The average Bonchev–Trinajstić information content (AvgIpc) is 3.33. The lowest BCUT2D eigenvalue weighted by molar-refractivity contribution is -0.384. The lowest BCUT2D eigenvalue weighted by Crippen LogP contribution is -2.16. The summed E-state index contributed by atoms with van der Waals surface area (Å²) in [4.78, 5) is 72.7. The van der Waals surface area contributed by atoms with Gasteiger partial charge in [0.15, 0.2) is 0 Å². The number of aromatic nitrogens is 1. The maximum Gasteiger partial charge on any atom is 0.344 e. The summed E-state index contributed by atoms with van der Waals surface area (Å²) in [5.74, 6) is -4.39. The Morgan fingerprint density at radius 3 is 2.03 bits per heavy atom. The Kier molecular flexibility index (Phi) is 10.1. The maximum absolute atomic E-state index is 13.6. The van der Waals surface area contributed by atoms with Gasteiger partial charge >= 0.3 is 23.9 Å². The number of nitrogens with zero attached hydrogens (tertiary/aromatic N) is 2. The summed E-state index contributed by atoms with van der Waals surface area (Å²) in [6.45, 7) is 1.49. The van der Waals surface area contributed by atoms with Crippen LogP contribution in [0.25, 0.3) is 5.70 Å². The molecule has 0 N–H and O–H groups in total. The van der Waals surface area contributed by atoms with Gasteiger partial charge < -0.3 is 23.5 Å². The number of ether oxygens (including phenoxy) is 4. The Hall–Kier alpha value is -4.72. The van der Waals surface area contributed by atoms with Crippen LogP contribution in [0.1, 0.15) is 43.7 Å². The van der Waals surface area contributed by atoms with E-state index < -0.39 is 40.1 Å².